The molecule has 2 aromatic heterocycles. The van der Waals surface area contributed by atoms with Crippen molar-refractivity contribution >= 4 is 29.0 Å². The van der Waals surface area contributed by atoms with Gasteiger partial charge < -0.3 is 5.32 Å². The van der Waals surface area contributed by atoms with Crippen LogP contribution in [0.4, 0.5) is 5.82 Å². The SMILES string of the molecule is CCNc1ccc(Cl)c(Cn2cc(Cl)c(C)n2)n1. The molecule has 0 radical (unpaired) electrons. The van der Waals surface area contributed by atoms with Crippen molar-refractivity contribution in [2.45, 2.75) is 20.4 Å². The van der Waals surface area contributed by atoms with E-state index in [9.17, 15) is 0 Å². The van der Waals surface area contributed by atoms with E-state index in [0.717, 1.165) is 23.8 Å². The summed E-state index contributed by atoms with van der Waals surface area (Å²) in [4.78, 5) is 4.45. The number of hydrogen-bond donors (Lipinski definition) is 1. The van der Waals surface area contributed by atoms with E-state index in [1.807, 2.05) is 26.0 Å². The Kier molecular flexibility index (Phi) is 4.09. The molecule has 0 aliphatic carbocycles. The van der Waals surface area contributed by atoms with Crippen LogP contribution in [0, 0.1) is 6.92 Å². The average molecular weight is 285 g/mol. The Labute approximate surface area is 116 Å². The summed E-state index contributed by atoms with van der Waals surface area (Å²) in [6, 6.07) is 3.69. The Hall–Kier alpha value is -1.26. The molecule has 0 bridgehead atoms. The Morgan fingerprint density at radius 1 is 1.28 bits per heavy atom. The molecule has 2 heterocycles. The number of aromatic nitrogens is 3. The molecule has 0 saturated heterocycles. The van der Waals surface area contributed by atoms with Crippen LogP contribution in [0.5, 0.6) is 0 Å². The minimum absolute atomic E-state index is 0.506. The monoisotopic (exact) mass is 284 g/mol. The van der Waals surface area contributed by atoms with Crippen molar-refractivity contribution in [3.63, 3.8) is 0 Å². The smallest absolute Gasteiger partial charge is 0.126 e. The van der Waals surface area contributed by atoms with Gasteiger partial charge in [-0.05, 0) is 26.0 Å². The van der Waals surface area contributed by atoms with E-state index in [0.29, 0.717) is 16.6 Å². The third-order valence-corrected chi connectivity index (χ3v) is 3.19. The summed E-state index contributed by atoms with van der Waals surface area (Å²) >= 11 is 12.1. The number of nitrogens with zero attached hydrogens (tertiary/aromatic N) is 3. The second-order valence-electron chi connectivity index (χ2n) is 3.92. The summed E-state index contributed by atoms with van der Waals surface area (Å²) in [5, 5.41) is 8.71. The van der Waals surface area contributed by atoms with Gasteiger partial charge in [0, 0.05) is 12.7 Å². The van der Waals surface area contributed by atoms with E-state index in [2.05, 4.69) is 15.4 Å². The zero-order valence-corrected chi connectivity index (χ0v) is 11.8. The van der Waals surface area contributed by atoms with Crippen LogP contribution in [0.2, 0.25) is 10.0 Å². The lowest BCUT2D eigenvalue weighted by Crippen LogP contribution is -2.06. The standard InChI is InChI=1S/C12H14Cl2N4/c1-3-15-12-5-4-9(13)11(16-12)7-18-6-10(14)8(2)17-18/h4-6H,3,7H2,1-2H3,(H,15,16). The van der Waals surface area contributed by atoms with Gasteiger partial charge in [0.15, 0.2) is 0 Å². The van der Waals surface area contributed by atoms with Crippen molar-refractivity contribution in [2.75, 3.05) is 11.9 Å². The van der Waals surface area contributed by atoms with Gasteiger partial charge in [0.2, 0.25) is 0 Å². The second kappa shape index (κ2) is 5.59. The first-order chi connectivity index (χ1) is 8.60. The molecule has 2 rings (SSSR count). The number of nitrogens with one attached hydrogen (secondary N) is 1. The van der Waals surface area contributed by atoms with Crippen molar-refractivity contribution in [3.05, 3.63) is 39.8 Å². The molecule has 2 aromatic rings. The number of pyridine rings is 1. The first kappa shape index (κ1) is 13.2. The lowest BCUT2D eigenvalue weighted by molar-refractivity contribution is 0.666. The van der Waals surface area contributed by atoms with Crippen LogP contribution in [-0.4, -0.2) is 21.3 Å². The molecule has 0 aliphatic rings. The molecular formula is C12H14Cl2N4. The predicted molar refractivity (Wildman–Crippen MR) is 74.5 cm³/mol. The average Bonchev–Trinajstić information content (AvgIpc) is 2.63. The van der Waals surface area contributed by atoms with Crippen LogP contribution < -0.4 is 5.32 Å². The first-order valence-electron chi connectivity index (χ1n) is 5.69. The van der Waals surface area contributed by atoms with Gasteiger partial charge in [-0.3, -0.25) is 4.68 Å². The van der Waals surface area contributed by atoms with Gasteiger partial charge in [-0.15, -0.1) is 0 Å². The van der Waals surface area contributed by atoms with Gasteiger partial charge in [0.25, 0.3) is 0 Å². The number of hydrogen-bond acceptors (Lipinski definition) is 3. The van der Waals surface area contributed by atoms with Gasteiger partial charge >= 0.3 is 0 Å². The van der Waals surface area contributed by atoms with Crippen LogP contribution in [0.3, 0.4) is 0 Å². The molecule has 0 amide bonds. The van der Waals surface area contributed by atoms with Gasteiger partial charge in [0.05, 0.1) is 28.0 Å². The van der Waals surface area contributed by atoms with Crippen LogP contribution in [-0.2, 0) is 6.54 Å². The molecule has 1 N–H and O–H groups in total. The summed E-state index contributed by atoms with van der Waals surface area (Å²) in [6.45, 7) is 5.21. The quantitative estimate of drug-likeness (QED) is 0.936. The number of rotatable bonds is 4. The lowest BCUT2D eigenvalue weighted by Gasteiger charge is -2.07. The van der Waals surface area contributed by atoms with Crippen molar-refractivity contribution in [2.24, 2.45) is 0 Å². The van der Waals surface area contributed by atoms with Crippen LogP contribution in [0.25, 0.3) is 0 Å². The molecule has 6 heteroatoms. The molecule has 0 aromatic carbocycles. The number of aryl methyl sites for hydroxylation is 1. The third kappa shape index (κ3) is 2.94. The molecular weight excluding hydrogens is 271 g/mol. The number of halogens is 2. The highest BCUT2D eigenvalue weighted by atomic mass is 35.5. The fraction of sp³-hybridized carbons (Fsp3) is 0.333. The molecule has 0 fully saturated rings. The van der Waals surface area contributed by atoms with E-state index in [1.165, 1.54) is 0 Å². The molecule has 0 aliphatic heterocycles. The van der Waals surface area contributed by atoms with E-state index in [1.54, 1.807) is 10.9 Å². The van der Waals surface area contributed by atoms with E-state index in [-0.39, 0.29) is 0 Å². The highest BCUT2D eigenvalue weighted by Gasteiger charge is 2.07. The first-order valence-corrected chi connectivity index (χ1v) is 6.44. The van der Waals surface area contributed by atoms with Crippen LogP contribution >= 0.6 is 23.2 Å². The zero-order valence-electron chi connectivity index (χ0n) is 10.2. The predicted octanol–water partition coefficient (Wildman–Crippen LogP) is 3.37. The fourth-order valence-electron chi connectivity index (χ4n) is 1.60. The maximum absolute atomic E-state index is 6.13. The molecule has 0 unspecified atom stereocenters. The van der Waals surface area contributed by atoms with E-state index in [4.69, 9.17) is 23.2 Å². The molecule has 0 atom stereocenters. The van der Waals surface area contributed by atoms with E-state index < -0.39 is 0 Å². The number of anilines is 1. The van der Waals surface area contributed by atoms with Gasteiger partial charge in [-0.1, -0.05) is 23.2 Å². The van der Waals surface area contributed by atoms with Crippen molar-refractivity contribution in [1.29, 1.82) is 0 Å². The Morgan fingerprint density at radius 2 is 2.06 bits per heavy atom. The fourth-order valence-corrected chi connectivity index (χ4v) is 1.92. The maximum Gasteiger partial charge on any atom is 0.126 e. The summed E-state index contributed by atoms with van der Waals surface area (Å²) < 4.78 is 1.74. The highest BCUT2D eigenvalue weighted by molar-refractivity contribution is 6.31. The van der Waals surface area contributed by atoms with Crippen LogP contribution in [0.1, 0.15) is 18.3 Å². The van der Waals surface area contributed by atoms with E-state index >= 15 is 0 Å². The molecule has 4 nitrogen and oxygen atoms in total. The normalized spacial score (nSPS) is 10.7. The third-order valence-electron chi connectivity index (χ3n) is 2.47. The van der Waals surface area contributed by atoms with Gasteiger partial charge in [-0.2, -0.15) is 5.10 Å². The van der Waals surface area contributed by atoms with Crippen LogP contribution in [0.15, 0.2) is 18.3 Å². The summed E-state index contributed by atoms with van der Waals surface area (Å²) in [6.07, 6.45) is 1.77. The lowest BCUT2D eigenvalue weighted by atomic mass is 10.3. The van der Waals surface area contributed by atoms with Crippen molar-refractivity contribution < 1.29 is 0 Å². The van der Waals surface area contributed by atoms with Gasteiger partial charge in [-0.25, -0.2) is 4.98 Å². The molecule has 0 spiro atoms. The highest BCUT2D eigenvalue weighted by Crippen LogP contribution is 2.19. The van der Waals surface area contributed by atoms with Crippen molar-refractivity contribution in [1.82, 2.24) is 14.8 Å². The molecule has 0 saturated carbocycles. The minimum Gasteiger partial charge on any atom is -0.370 e. The molecule has 96 valence electrons. The summed E-state index contributed by atoms with van der Waals surface area (Å²) in [7, 11) is 0. The molecule has 18 heavy (non-hydrogen) atoms. The maximum atomic E-state index is 6.13. The Bertz CT molecular complexity index is 532. The minimum atomic E-state index is 0.506. The Balaban J connectivity index is 2.24. The Morgan fingerprint density at radius 3 is 2.67 bits per heavy atom. The zero-order chi connectivity index (χ0) is 13.1. The second-order valence-corrected chi connectivity index (χ2v) is 4.73. The topological polar surface area (TPSA) is 42.7 Å². The van der Waals surface area contributed by atoms with Gasteiger partial charge in [0.1, 0.15) is 5.82 Å². The van der Waals surface area contributed by atoms with Crippen molar-refractivity contribution in [3.8, 4) is 0 Å². The largest absolute Gasteiger partial charge is 0.370 e. The summed E-state index contributed by atoms with van der Waals surface area (Å²) in [5.41, 5.74) is 1.57. The summed E-state index contributed by atoms with van der Waals surface area (Å²) in [5.74, 6) is 0.812.